The van der Waals surface area contributed by atoms with Crippen LogP contribution in [0.2, 0.25) is 0 Å². The first-order valence-corrected chi connectivity index (χ1v) is 8.15. The summed E-state index contributed by atoms with van der Waals surface area (Å²) in [5.41, 5.74) is 8.41. The summed E-state index contributed by atoms with van der Waals surface area (Å²) in [5, 5.41) is 0. The molecule has 112 valence electrons. The van der Waals surface area contributed by atoms with Crippen molar-refractivity contribution in [3.63, 3.8) is 0 Å². The van der Waals surface area contributed by atoms with E-state index in [1.165, 1.54) is 5.56 Å². The third-order valence-electron chi connectivity index (χ3n) is 3.62. The highest BCUT2D eigenvalue weighted by Gasteiger charge is 2.14. The third kappa shape index (κ3) is 4.32. The first kappa shape index (κ1) is 16.1. The van der Waals surface area contributed by atoms with Gasteiger partial charge in [-0.25, -0.2) is 0 Å². The summed E-state index contributed by atoms with van der Waals surface area (Å²) in [4.78, 5) is 0. The van der Waals surface area contributed by atoms with Gasteiger partial charge in [0.15, 0.2) is 0 Å². The second kappa shape index (κ2) is 7.62. The number of halogens is 1. The largest absolute Gasteiger partial charge is 0.485 e. The zero-order chi connectivity index (χ0) is 15.2. The molecule has 0 fully saturated rings. The predicted octanol–water partition coefficient (Wildman–Crippen LogP) is 4.87. The number of rotatable bonds is 6. The van der Waals surface area contributed by atoms with E-state index < -0.39 is 0 Å². The number of ether oxygens (including phenoxy) is 1. The molecule has 2 aromatic rings. The van der Waals surface area contributed by atoms with E-state index in [0.29, 0.717) is 0 Å². The van der Waals surface area contributed by atoms with Crippen molar-refractivity contribution in [3.8, 4) is 5.75 Å². The highest BCUT2D eigenvalue weighted by molar-refractivity contribution is 9.10. The molecule has 2 nitrogen and oxygen atoms in total. The fourth-order valence-corrected chi connectivity index (χ4v) is 2.74. The maximum absolute atomic E-state index is 6.21. The molecule has 2 unspecified atom stereocenters. The number of nitrogens with two attached hydrogens (primary N) is 1. The van der Waals surface area contributed by atoms with E-state index in [1.54, 1.807) is 0 Å². The number of para-hydroxylation sites is 1. The third-order valence-corrected chi connectivity index (χ3v) is 4.24. The SMILES string of the molecule is CCC(N)Cc1cccc(Br)c1OC(C)c1ccccc1. The monoisotopic (exact) mass is 347 g/mol. The van der Waals surface area contributed by atoms with Crippen molar-refractivity contribution in [3.05, 3.63) is 64.1 Å². The van der Waals surface area contributed by atoms with Crippen molar-refractivity contribution in [2.75, 3.05) is 0 Å². The van der Waals surface area contributed by atoms with Crippen molar-refractivity contribution in [2.45, 2.75) is 38.8 Å². The Labute approximate surface area is 135 Å². The molecule has 2 aromatic carbocycles. The van der Waals surface area contributed by atoms with E-state index in [2.05, 4.69) is 48.0 Å². The van der Waals surface area contributed by atoms with Crippen molar-refractivity contribution >= 4 is 15.9 Å². The van der Waals surface area contributed by atoms with E-state index in [4.69, 9.17) is 10.5 Å². The summed E-state index contributed by atoms with van der Waals surface area (Å²) in [6.07, 6.45) is 1.79. The molecule has 0 aliphatic heterocycles. The van der Waals surface area contributed by atoms with Gasteiger partial charge in [0.1, 0.15) is 11.9 Å². The zero-order valence-corrected chi connectivity index (χ0v) is 14.1. The lowest BCUT2D eigenvalue weighted by atomic mass is 10.0. The minimum atomic E-state index is 0.00139. The average Bonchev–Trinajstić information content (AvgIpc) is 2.51. The topological polar surface area (TPSA) is 35.2 Å². The van der Waals surface area contributed by atoms with Crippen LogP contribution < -0.4 is 10.5 Å². The lowest BCUT2D eigenvalue weighted by Gasteiger charge is -2.20. The molecule has 0 saturated heterocycles. The van der Waals surface area contributed by atoms with E-state index >= 15 is 0 Å². The van der Waals surface area contributed by atoms with E-state index in [0.717, 1.165) is 28.6 Å². The van der Waals surface area contributed by atoms with Gasteiger partial charge in [-0.15, -0.1) is 0 Å². The number of hydrogen-bond donors (Lipinski definition) is 1. The first-order chi connectivity index (χ1) is 10.1. The van der Waals surface area contributed by atoms with Crippen molar-refractivity contribution in [2.24, 2.45) is 5.73 Å². The Morgan fingerprint density at radius 1 is 1.10 bits per heavy atom. The predicted molar refractivity (Wildman–Crippen MR) is 91.6 cm³/mol. The molecule has 2 rings (SSSR count). The highest BCUT2D eigenvalue weighted by Crippen LogP contribution is 2.33. The molecule has 0 spiro atoms. The maximum Gasteiger partial charge on any atom is 0.137 e. The number of hydrogen-bond acceptors (Lipinski definition) is 2. The van der Waals surface area contributed by atoms with Crippen LogP contribution in [0, 0.1) is 0 Å². The molecule has 2 atom stereocenters. The fourth-order valence-electron chi connectivity index (χ4n) is 2.24. The van der Waals surface area contributed by atoms with Gasteiger partial charge in [-0.3, -0.25) is 0 Å². The second-order valence-corrected chi connectivity index (χ2v) is 6.13. The van der Waals surface area contributed by atoms with E-state index in [1.807, 2.05) is 30.3 Å². The van der Waals surface area contributed by atoms with Gasteiger partial charge in [0.05, 0.1) is 4.47 Å². The van der Waals surface area contributed by atoms with Crippen molar-refractivity contribution in [1.82, 2.24) is 0 Å². The number of benzene rings is 2. The molecule has 2 N–H and O–H groups in total. The Kier molecular flexibility index (Phi) is 5.83. The Morgan fingerprint density at radius 2 is 1.81 bits per heavy atom. The molecule has 0 amide bonds. The quantitative estimate of drug-likeness (QED) is 0.808. The van der Waals surface area contributed by atoms with Crippen LogP contribution in [0.4, 0.5) is 0 Å². The van der Waals surface area contributed by atoms with Crippen molar-refractivity contribution in [1.29, 1.82) is 0 Å². The summed E-state index contributed by atoms with van der Waals surface area (Å²) in [7, 11) is 0. The molecule has 21 heavy (non-hydrogen) atoms. The van der Waals surface area contributed by atoms with Crippen molar-refractivity contribution < 1.29 is 4.74 Å². The van der Waals surface area contributed by atoms with Crippen LogP contribution in [-0.2, 0) is 6.42 Å². The summed E-state index contributed by atoms with van der Waals surface area (Å²) < 4.78 is 7.18. The Hall–Kier alpha value is -1.32. The van der Waals surface area contributed by atoms with Crippen LogP contribution in [-0.4, -0.2) is 6.04 Å². The van der Waals surface area contributed by atoms with Crippen LogP contribution in [0.15, 0.2) is 53.0 Å². The van der Waals surface area contributed by atoms with E-state index in [-0.39, 0.29) is 12.1 Å². The molecule has 0 aliphatic rings. The Morgan fingerprint density at radius 3 is 2.48 bits per heavy atom. The van der Waals surface area contributed by atoms with Gasteiger partial charge in [0, 0.05) is 6.04 Å². The second-order valence-electron chi connectivity index (χ2n) is 5.27. The van der Waals surface area contributed by atoms with Gasteiger partial charge in [-0.05, 0) is 52.9 Å². The lowest BCUT2D eigenvalue weighted by molar-refractivity contribution is 0.222. The molecule has 0 aromatic heterocycles. The van der Waals surface area contributed by atoms with Crippen LogP contribution in [0.5, 0.6) is 5.75 Å². The van der Waals surface area contributed by atoms with Gasteiger partial charge in [-0.2, -0.15) is 0 Å². The highest BCUT2D eigenvalue weighted by atomic mass is 79.9. The normalized spacial score (nSPS) is 13.7. The summed E-state index contributed by atoms with van der Waals surface area (Å²) >= 11 is 3.59. The summed E-state index contributed by atoms with van der Waals surface area (Å²) in [6.45, 7) is 4.17. The van der Waals surface area contributed by atoms with Crippen LogP contribution in [0.25, 0.3) is 0 Å². The molecule has 3 heteroatoms. The van der Waals surface area contributed by atoms with Gasteiger partial charge in [0.2, 0.25) is 0 Å². The van der Waals surface area contributed by atoms with Gasteiger partial charge in [-0.1, -0.05) is 49.4 Å². The zero-order valence-electron chi connectivity index (χ0n) is 12.6. The minimum absolute atomic E-state index is 0.00139. The van der Waals surface area contributed by atoms with Gasteiger partial charge >= 0.3 is 0 Å². The van der Waals surface area contributed by atoms with Crippen LogP contribution in [0.3, 0.4) is 0 Å². The minimum Gasteiger partial charge on any atom is -0.485 e. The van der Waals surface area contributed by atoms with Gasteiger partial charge < -0.3 is 10.5 Å². The van der Waals surface area contributed by atoms with Crippen LogP contribution in [0.1, 0.15) is 37.5 Å². The molecule has 0 aliphatic carbocycles. The lowest BCUT2D eigenvalue weighted by Crippen LogP contribution is -2.22. The maximum atomic E-state index is 6.21. The smallest absolute Gasteiger partial charge is 0.137 e. The molecular formula is C18H22BrNO. The standard InChI is InChI=1S/C18H22BrNO/c1-3-16(20)12-15-10-7-11-17(19)18(15)21-13(2)14-8-5-4-6-9-14/h4-11,13,16H,3,12,20H2,1-2H3. The summed E-state index contributed by atoms with van der Waals surface area (Å²) in [5.74, 6) is 0.901. The molecule has 0 heterocycles. The molecule has 0 radical (unpaired) electrons. The summed E-state index contributed by atoms with van der Waals surface area (Å²) in [6, 6.07) is 16.5. The first-order valence-electron chi connectivity index (χ1n) is 7.36. The Balaban J connectivity index is 2.22. The fraction of sp³-hybridized carbons (Fsp3) is 0.333. The van der Waals surface area contributed by atoms with Crippen LogP contribution >= 0.6 is 15.9 Å². The Bertz CT molecular complexity index is 571. The molecule has 0 saturated carbocycles. The molecule has 0 bridgehead atoms. The molecular weight excluding hydrogens is 326 g/mol. The van der Waals surface area contributed by atoms with Gasteiger partial charge in [0.25, 0.3) is 0 Å². The average molecular weight is 348 g/mol. The van der Waals surface area contributed by atoms with E-state index in [9.17, 15) is 0 Å².